The molecule has 0 aromatic carbocycles. The number of fused-ring (bicyclic) bond motifs is 1. The number of hydrogen-bond donors (Lipinski definition) is 0. The van der Waals surface area contributed by atoms with Crippen LogP contribution < -0.4 is 0 Å². The fraction of sp³-hybridized carbons (Fsp3) is 0.278. The Hall–Kier alpha value is -2.11. The highest BCUT2D eigenvalue weighted by molar-refractivity contribution is 7.07. The minimum absolute atomic E-state index is 0.981. The summed E-state index contributed by atoms with van der Waals surface area (Å²) in [6.07, 6.45) is 7.35. The Balaban J connectivity index is 1.59. The molecule has 3 aromatic heterocycles. The first-order chi connectivity index (χ1) is 11.4. The van der Waals surface area contributed by atoms with Crippen molar-refractivity contribution in [2.45, 2.75) is 19.4 Å². The van der Waals surface area contributed by atoms with Crippen molar-refractivity contribution in [3.8, 4) is 11.3 Å². The van der Waals surface area contributed by atoms with Gasteiger partial charge in [-0.3, -0.25) is 9.88 Å². The van der Waals surface area contributed by atoms with Gasteiger partial charge in [-0.25, -0.2) is 9.97 Å². The van der Waals surface area contributed by atoms with E-state index < -0.39 is 0 Å². The Morgan fingerprint density at radius 1 is 1.13 bits per heavy atom. The third-order valence-corrected chi connectivity index (χ3v) is 5.03. The maximum absolute atomic E-state index is 4.54. The van der Waals surface area contributed by atoms with Crippen LogP contribution in [0, 0.1) is 0 Å². The number of thiophene rings is 1. The van der Waals surface area contributed by atoms with Crippen molar-refractivity contribution in [3.63, 3.8) is 0 Å². The summed E-state index contributed by atoms with van der Waals surface area (Å²) in [5.41, 5.74) is 6.00. The molecule has 23 heavy (non-hydrogen) atoms. The Bertz CT molecular complexity index is 771. The fourth-order valence-corrected chi connectivity index (χ4v) is 3.78. The van der Waals surface area contributed by atoms with Gasteiger partial charge in [-0.2, -0.15) is 11.3 Å². The van der Waals surface area contributed by atoms with E-state index in [0.717, 1.165) is 43.7 Å². The molecule has 4 nitrogen and oxygen atoms in total. The molecule has 0 atom stereocenters. The summed E-state index contributed by atoms with van der Waals surface area (Å²) in [7, 11) is 0. The van der Waals surface area contributed by atoms with Gasteiger partial charge in [0.25, 0.3) is 0 Å². The van der Waals surface area contributed by atoms with Crippen molar-refractivity contribution in [3.05, 3.63) is 64.5 Å². The molecule has 0 bridgehead atoms. The van der Waals surface area contributed by atoms with Gasteiger partial charge in [-0.1, -0.05) is 0 Å². The monoisotopic (exact) mass is 322 g/mol. The van der Waals surface area contributed by atoms with Crippen molar-refractivity contribution in [2.24, 2.45) is 0 Å². The van der Waals surface area contributed by atoms with E-state index in [1.165, 1.54) is 16.8 Å². The molecule has 4 rings (SSSR count). The van der Waals surface area contributed by atoms with Gasteiger partial charge in [-0.05, 0) is 40.9 Å². The third kappa shape index (κ3) is 3.16. The molecule has 0 radical (unpaired) electrons. The number of aromatic nitrogens is 3. The highest BCUT2D eigenvalue weighted by Gasteiger charge is 2.19. The summed E-state index contributed by atoms with van der Waals surface area (Å²) in [4.78, 5) is 15.8. The molecule has 0 aliphatic carbocycles. The standard InChI is InChI=1S/C18H18N4S/c1-2-15(10-19-6-1)18-16-3-7-22(11-14-5-9-23-12-14)8-4-17(16)20-13-21-18/h1-2,5-6,9-10,12-13H,3-4,7-8,11H2. The first-order valence-electron chi connectivity index (χ1n) is 7.87. The van der Waals surface area contributed by atoms with Crippen LogP contribution in [0.1, 0.15) is 16.8 Å². The number of rotatable bonds is 3. The molecule has 0 N–H and O–H groups in total. The molecule has 0 saturated heterocycles. The molecular formula is C18H18N4S. The van der Waals surface area contributed by atoms with Crippen LogP contribution in [-0.2, 0) is 19.4 Å². The van der Waals surface area contributed by atoms with Gasteiger partial charge >= 0.3 is 0 Å². The summed E-state index contributed by atoms with van der Waals surface area (Å²) in [5, 5.41) is 4.38. The first-order valence-corrected chi connectivity index (χ1v) is 8.81. The maximum Gasteiger partial charge on any atom is 0.116 e. The molecule has 4 heterocycles. The van der Waals surface area contributed by atoms with Crippen molar-refractivity contribution in [2.75, 3.05) is 13.1 Å². The zero-order chi connectivity index (χ0) is 15.5. The lowest BCUT2D eigenvalue weighted by Gasteiger charge is -2.18. The van der Waals surface area contributed by atoms with Crippen LogP contribution in [0.2, 0.25) is 0 Å². The average Bonchev–Trinajstić information content (AvgIpc) is 3.02. The number of nitrogens with zero attached hydrogens (tertiary/aromatic N) is 4. The van der Waals surface area contributed by atoms with Crippen molar-refractivity contribution >= 4 is 11.3 Å². The van der Waals surface area contributed by atoms with Gasteiger partial charge in [0.2, 0.25) is 0 Å². The van der Waals surface area contributed by atoms with Crippen LogP contribution >= 0.6 is 11.3 Å². The van der Waals surface area contributed by atoms with Gasteiger partial charge in [0.15, 0.2) is 0 Å². The second kappa shape index (κ2) is 6.56. The molecule has 0 fully saturated rings. The smallest absolute Gasteiger partial charge is 0.116 e. The normalized spacial score (nSPS) is 15.1. The van der Waals surface area contributed by atoms with E-state index >= 15 is 0 Å². The van der Waals surface area contributed by atoms with Crippen molar-refractivity contribution < 1.29 is 0 Å². The van der Waals surface area contributed by atoms with Crippen LogP contribution in [0.3, 0.4) is 0 Å². The highest BCUT2D eigenvalue weighted by atomic mass is 32.1. The largest absolute Gasteiger partial charge is 0.298 e. The fourth-order valence-electron chi connectivity index (χ4n) is 3.12. The van der Waals surface area contributed by atoms with Crippen LogP contribution in [0.5, 0.6) is 0 Å². The Labute approximate surface area is 139 Å². The van der Waals surface area contributed by atoms with E-state index in [-0.39, 0.29) is 0 Å². The Morgan fingerprint density at radius 2 is 2.09 bits per heavy atom. The van der Waals surface area contributed by atoms with Crippen LogP contribution in [0.25, 0.3) is 11.3 Å². The molecule has 1 aliphatic heterocycles. The molecule has 5 heteroatoms. The molecule has 0 saturated carbocycles. The van der Waals surface area contributed by atoms with E-state index in [2.05, 4.69) is 42.7 Å². The molecular weight excluding hydrogens is 304 g/mol. The second-order valence-electron chi connectivity index (χ2n) is 5.80. The van der Waals surface area contributed by atoms with E-state index in [9.17, 15) is 0 Å². The predicted octanol–water partition coefficient (Wildman–Crippen LogP) is 3.20. The van der Waals surface area contributed by atoms with Crippen LogP contribution in [0.15, 0.2) is 47.7 Å². The van der Waals surface area contributed by atoms with Crippen molar-refractivity contribution in [1.82, 2.24) is 19.9 Å². The zero-order valence-electron chi connectivity index (χ0n) is 12.9. The van der Waals surface area contributed by atoms with E-state index in [0.29, 0.717) is 0 Å². The molecule has 0 unspecified atom stereocenters. The molecule has 3 aromatic rings. The minimum atomic E-state index is 0.981. The molecule has 116 valence electrons. The lowest BCUT2D eigenvalue weighted by atomic mass is 10.0. The summed E-state index contributed by atoms with van der Waals surface area (Å²) in [5.74, 6) is 0. The zero-order valence-corrected chi connectivity index (χ0v) is 13.7. The summed E-state index contributed by atoms with van der Waals surface area (Å²) >= 11 is 1.76. The van der Waals surface area contributed by atoms with Crippen LogP contribution in [0.4, 0.5) is 0 Å². The van der Waals surface area contributed by atoms with Crippen LogP contribution in [-0.4, -0.2) is 32.9 Å². The Morgan fingerprint density at radius 3 is 2.91 bits per heavy atom. The molecule has 0 amide bonds. The maximum atomic E-state index is 4.54. The van der Waals surface area contributed by atoms with Crippen molar-refractivity contribution in [1.29, 1.82) is 0 Å². The summed E-state index contributed by atoms with van der Waals surface area (Å²) in [6, 6.07) is 6.25. The number of pyridine rings is 1. The quantitative estimate of drug-likeness (QED) is 0.742. The lowest BCUT2D eigenvalue weighted by molar-refractivity contribution is 0.279. The first kappa shape index (κ1) is 14.5. The van der Waals surface area contributed by atoms with Gasteiger partial charge in [0, 0.05) is 55.3 Å². The van der Waals surface area contributed by atoms with E-state index in [4.69, 9.17) is 0 Å². The van der Waals surface area contributed by atoms with Gasteiger partial charge in [-0.15, -0.1) is 0 Å². The lowest BCUT2D eigenvalue weighted by Crippen LogP contribution is -2.25. The highest BCUT2D eigenvalue weighted by Crippen LogP contribution is 2.25. The van der Waals surface area contributed by atoms with Gasteiger partial charge < -0.3 is 0 Å². The number of hydrogen-bond acceptors (Lipinski definition) is 5. The van der Waals surface area contributed by atoms with E-state index in [1.54, 1.807) is 23.9 Å². The minimum Gasteiger partial charge on any atom is -0.298 e. The SMILES string of the molecule is c1cncc(-c2ncnc3c2CCN(Cc2ccsc2)CC3)c1. The average molecular weight is 322 g/mol. The topological polar surface area (TPSA) is 41.9 Å². The Kier molecular flexibility index (Phi) is 4.13. The second-order valence-corrected chi connectivity index (χ2v) is 6.58. The predicted molar refractivity (Wildman–Crippen MR) is 92.3 cm³/mol. The van der Waals surface area contributed by atoms with E-state index in [1.807, 2.05) is 12.3 Å². The summed E-state index contributed by atoms with van der Waals surface area (Å²) in [6.45, 7) is 3.11. The summed E-state index contributed by atoms with van der Waals surface area (Å²) < 4.78 is 0. The molecule has 1 aliphatic rings. The van der Waals surface area contributed by atoms with Gasteiger partial charge in [0.05, 0.1) is 5.69 Å². The third-order valence-electron chi connectivity index (χ3n) is 4.30. The molecule has 0 spiro atoms. The van der Waals surface area contributed by atoms with Gasteiger partial charge in [0.1, 0.15) is 6.33 Å².